The first-order valence-corrected chi connectivity index (χ1v) is 6.40. The van der Waals surface area contributed by atoms with Crippen LogP contribution in [-0.4, -0.2) is 42.5 Å². The highest BCUT2D eigenvalue weighted by Gasteiger charge is 2.46. The quantitative estimate of drug-likeness (QED) is 0.806. The van der Waals surface area contributed by atoms with Crippen LogP contribution in [0.15, 0.2) is 0 Å². The van der Waals surface area contributed by atoms with Crippen LogP contribution < -0.4 is 5.32 Å². The van der Waals surface area contributed by atoms with Crippen molar-refractivity contribution < 1.29 is 27.8 Å². The summed E-state index contributed by atoms with van der Waals surface area (Å²) in [6.07, 6.45) is -4.02. The van der Waals surface area contributed by atoms with Crippen molar-refractivity contribution in [3.05, 3.63) is 0 Å². The standard InChI is InChI=1S/C12H20F3NO3/c1-2-19-7-10(17)16-8-11(18)5-3-4-9(6-11)12(13,14)15/h9,18H,2-8H2,1H3,(H,16,17)/t9-,11+/m1/s1. The van der Waals surface area contributed by atoms with Crippen LogP contribution in [0.2, 0.25) is 0 Å². The Kier molecular flexibility index (Phi) is 5.61. The summed E-state index contributed by atoms with van der Waals surface area (Å²) in [5.41, 5.74) is -1.47. The Morgan fingerprint density at radius 1 is 1.53 bits per heavy atom. The lowest BCUT2D eigenvalue weighted by atomic mass is 9.77. The second-order valence-corrected chi connectivity index (χ2v) is 4.97. The minimum absolute atomic E-state index is 0.0404. The molecule has 0 saturated heterocycles. The fourth-order valence-corrected chi connectivity index (χ4v) is 2.29. The Hall–Kier alpha value is -0.820. The molecule has 7 heteroatoms. The first-order chi connectivity index (χ1) is 8.77. The van der Waals surface area contributed by atoms with Gasteiger partial charge in [-0.25, -0.2) is 0 Å². The van der Waals surface area contributed by atoms with Crippen molar-refractivity contribution in [1.29, 1.82) is 0 Å². The maximum absolute atomic E-state index is 12.6. The van der Waals surface area contributed by atoms with E-state index in [1.54, 1.807) is 6.92 Å². The molecule has 0 heterocycles. The van der Waals surface area contributed by atoms with Gasteiger partial charge in [0.15, 0.2) is 0 Å². The Balaban J connectivity index is 2.45. The summed E-state index contributed by atoms with van der Waals surface area (Å²) < 4.78 is 42.8. The van der Waals surface area contributed by atoms with Crippen LogP contribution in [0.25, 0.3) is 0 Å². The van der Waals surface area contributed by atoms with Crippen molar-refractivity contribution in [3.8, 4) is 0 Å². The number of carbonyl (C=O) groups excluding carboxylic acids is 1. The van der Waals surface area contributed by atoms with E-state index in [0.29, 0.717) is 13.0 Å². The molecule has 0 aromatic carbocycles. The van der Waals surface area contributed by atoms with E-state index in [0.717, 1.165) is 0 Å². The Morgan fingerprint density at radius 2 is 2.21 bits per heavy atom. The van der Waals surface area contributed by atoms with Gasteiger partial charge in [-0.3, -0.25) is 4.79 Å². The molecule has 0 aromatic rings. The number of hydrogen-bond acceptors (Lipinski definition) is 3. The third-order valence-corrected chi connectivity index (χ3v) is 3.34. The number of nitrogens with one attached hydrogen (secondary N) is 1. The molecule has 1 aliphatic rings. The molecule has 1 aliphatic carbocycles. The summed E-state index contributed by atoms with van der Waals surface area (Å²) in [5, 5.41) is 12.5. The fraction of sp³-hybridized carbons (Fsp3) is 0.917. The third-order valence-electron chi connectivity index (χ3n) is 3.34. The van der Waals surface area contributed by atoms with Crippen LogP contribution in [-0.2, 0) is 9.53 Å². The van der Waals surface area contributed by atoms with E-state index >= 15 is 0 Å². The highest BCUT2D eigenvalue weighted by atomic mass is 19.4. The maximum Gasteiger partial charge on any atom is 0.391 e. The molecule has 1 saturated carbocycles. The van der Waals surface area contributed by atoms with E-state index in [1.165, 1.54) is 0 Å². The van der Waals surface area contributed by atoms with Gasteiger partial charge in [0.2, 0.25) is 5.91 Å². The highest BCUT2D eigenvalue weighted by Crippen LogP contribution is 2.41. The smallest absolute Gasteiger partial charge is 0.388 e. The van der Waals surface area contributed by atoms with Gasteiger partial charge in [-0.1, -0.05) is 0 Å². The number of halogens is 3. The van der Waals surface area contributed by atoms with E-state index in [1.807, 2.05) is 0 Å². The molecule has 112 valence electrons. The maximum atomic E-state index is 12.6. The van der Waals surface area contributed by atoms with Gasteiger partial charge >= 0.3 is 6.18 Å². The van der Waals surface area contributed by atoms with Crippen molar-refractivity contribution >= 4 is 5.91 Å². The molecule has 0 radical (unpaired) electrons. The second-order valence-electron chi connectivity index (χ2n) is 4.97. The molecule has 19 heavy (non-hydrogen) atoms. The van der Waals surface area contributed by atoms with Crippen LogP contribution in [0.3, 0.4) is 0 Å². The lowest BCUT2D eigenvalue weighted by Crippen LogP contribution is -2.48. The molecule has 1 amide bonds. The zero-order chi connectivity index (χ0) is 14.5. The van der Waals surface area contributed by atoms with Crippen LogP contribution in [0.4, 0.5) is 13.2 Å². The molecule has 0 spiro atoms. The molecule has 4 nitrogen and oxygen atoms in total. The first kappa shape index (κ1) is 16.2. The van der Waals surface area contributed by atoms with E-state index < -0.39 is 23.6 Å². The van der Waals surface area contributed by atoms with E-state index in [2.05, 4.69) is 5.32 Å². The number of amides is 1. The SMILES string of the molecule is CCOCC(=O)NC[C@]1(O)CCC[C@@H](C(F)(F)F)C1. The monoisotopic (exact) mass is 283 g/mol. The van der Waals surface area contributed by atoms with E-state index in [-0.39, 0.29) is 32.4 Å². The van der Waals surface area contributed by atoms with Gasteiger partial charge in [-0.15, -0.1) is 0 Å². The second kappa shape index (κ2) is 6.56. The summed E-state index contributed by atoms with van der Waals surface area (Å²) in [4.78, 5) is 11.3. The largest absolute Gasteiger partial charge is 0.391 e. The summed E-state index contributed by atoms with van der Waals surface area (Å²) in [6, 6.07) is 0. The van der Waals surface area contributed by atoms with Crippen molar-refractivity contribution in [3.63, 3.8) is 0 Å². The van der Waals surface area contributed by atoms with Gasteiger partial charge in [0.1, 0.15) is 6.61 Å². The topological polar surface area (TPSA) is 58.6 Å². The summed E-state index contributed by atoms with van der Waals surface area (Å²) in [6.45, 7) is 1.81. The normalized spacial score (nSPS) is 28.2. The zero-order valence-electron chi connectivity index (χ0n) is 10.9. The lowest BCUT2D eigenvalue weighted by Gasteiger charge is -2.37. The first-order valence-electron chi connectivity index (χ1n) is 6.40. The van der Waals surface area contributed by atoms with Crippen LogP contribution in [0.1, 0.15) is 32.6 Å². The predicted molar refractivity (Wildman–Crippen MR) is 62.5 cm³/mol. The predicted octanol–water partition coefficient (Wildman–Crippen LogP) is 1.62. The highest BCUT2D eigenvalue weighted by molar-refractivity contribution is 5.77. The Bertz CT molecular complexity index is 309. The number of aliphatic hydroxyl groups is 1. The van der Waals surface area contributed by atoms with Gasteiger partial charge in [-0.2, -0.15) is 13.2 Å². The molecule has 2 atom stereocenters. The summed E-state index contributed by atoms with van der Waals surface area (Å²) >= 11 is 0. The van der Waals surface area contributed by atoms with Crippen LogP contribution >= 0.6 is 0 Å². The Labute approximate surface area is 110 Å². The summed E-state index contributed by atoms with van der Waals surface area (Å²) in [5.74, 6) is -1.92. The lowest BCUT2D eigenvalue weighted by molar-refractivity contribution is -0.200. The number of carbonyl (C=O) groups is 1. The molecular formula is C12H20F3NO3. The molecule has 0 bridgehead atoms. The van der Waals surface area contributed by atoms with Gasteiger partial charge in [0.25, 0.3) is 0 Å². The van der Waals surface area contributed by atoms with E-state index in [4.69, 9.17) is 4.74 Å². The zero-order valence-corrected chi connectivity index (χ0v) is 10.9. The van der Waals surface area contributed by atoms with Gasteiger partial charge in [0.05, 0.1) is 11.5 Å². The number of hydrogen-bond donors (Lipinski definition) is 2. The average Bonchev–Trinajstić information content (AvgIpc) is 2.33. The van der Waals surface area contributed by atoms with Crippen molar-refractivity contribution in [1.82, 2.24) is 5.32 Å². The van der Waals surface area contributed by atoms with Gasteiger partial charge < -0.3 is 15.2 Å². The van der Waals surface area contributed by atoms with Crippen molar-refractivity contribution in [2.24, 2.45) is 5.92 Å². The Morgan fingerprint density at radius 3 is 2.79 bits per heavy atom. The number of ether oxygens (including phenoxy) is 1. The van der Waals surface area contributed by atoms with Crippen molar-refractivity contribution in [2.45, 2.75) is 44.4 Å². The molecule has 0 unspecified atom stereocenters. The molecule has 1 fully saturated rings. The molecule has 2 N–H and O–H groups in total. The fourth-order valence-electron chi connectivity index (χ4n) is 2.29. The third kappa shape index (κ3) is 5.36. The number of rotatable bonds is 5. The van der Waals surface area contributed by atoms with Crippen molar-refractivity contribution in [2.75, 3.05) is 19.8 Å². The molecule has 1 rings (SSSR count). The van der Waals surface area contributed by atoms with E-state index in [9.17, 15) is 23.1 Å². The van der Waals surface area contributed by atoms with Crippen LogP contribution in [0.5, 0.6) is 0 Å². The molecular weight excluding hydrogens is 263 g/mol. The average molecular weight is 283 g/mol. The minimum Gasteiger partial charge on any atom is -0.388 e. The molecule has 0 aromatic heterocycles. The van der Waals surface area contributed by atoms with Gasteiger partial charge in [0, 0.05) is 13.2 Å². The molecule has 0 aliphatic heterocycles. The minimum atomic E-state index is -4.29. The van der Waals surface area contributed by atoms with Gasteiger partial charge in [-0.05, 0) is 32.6 Å². The number of alkyl halides is 3. The summed E-state index contributed by atoms with van der Waals surface area (Å²) in [7, 11) is 0. The van der Waals surface area contributed by atoms with Crippen LogP contribution in [0, 0.1) is 5.92 Å².